The van der Waals surface area contributed by atoms with Gasteiger partial charge in [-0.2, -0.15) is 0 Å². The largest absolute Gasteiger partial charge is 0.486 e. The van der Waals surface area contributed by atoms with Crippen LogP contribution in [0.2, 0.25) is 0 Å². The third-order valence-corrected chi connectivity index (χ3v) is 2.41. The number of rotatable bonds is 3. The lowest BCUT2D eigenvalue weighted by Gasteiger charge is -2.39. The number of aromatic nitrogens is 1. The van der Waals surface area contributed by atoms with Gasteiger partial charge in [0.25, 0.3) is 0 Å². The summed E-state index contributed by atoms with van der Waals surface area (Å²) in [5.41, 5.74) is 0. The molecule has 4 heteroatoms. The van der Waals surface area contributed by atoms with E-state index in [1.165, 1.54) is 0 Å². The van der Waals surface area contributed by atoms with Crippen LogP contribution < -0.4 is 4.74 Å². The molecule has 1 heterocycles. The van der Waals surface area contributed by atoms with Gasteiger partial charge in [0.2, 0.25) is 0 Å². The van der Waals surface area contributed by atoms with Gasteiger partial charge in [-0.1, -0.05) is 0 Å². The molecule has 0 radical (unpaired) electrons. The van der Waals surface area contributed by atoms with Crippen LogP contribution in [-0.4, -0.2) is 35.5 Å². The molecule has 4 nitrogen and oxygen atoms in total. The normalized spacial score (nSPS) is 30.9. The van der Waals surface area contributed by atoms with E-state index in [4.69, 9.17) is 9.47 Å². The lowest BCUT2D eigenvalue weighted by atomic mass is 9.88. The van der Waals surface area contributed by atoms with Crippen LogP contribution in [0.4, 0.5) is 0 Å². The van der Waals surface area contributed by atoms with Crippen LogP contribution in [0.3, 0.4) is 0 Å². The molecule has 2 rings (SSSR count). The second-order valence-corrected chi connectivity index (χ2v) is 3.35. The van der Waals surface area contributed by atoms with E-state index in [1.54, 1.807) is 19.5 Å². The number of nitrogens with zero attached hydrogens (tertiary/aromatic N) is 1. The summed E-state index contributed by atoms with van der Waals surface area (Å²) in [5.74, 6) is 0.714. The highest BCUT2D eigenvalue weighted by atomic mass is 16.6. The van der Waals surface area contributed by atoms with Crippen molar-refractivity contribution in [2.24, 2.45) is 0 Å². The summed E-state index contributed by atoms with van der Waals surface area (Å²) in [6, 6.07) is 3.65. The molecule has 1 aliphatic carbocycles. The van der Waals surface area contributed by atoms with Crippen molar-refractivity contribution in [3.63, 3.8) is 0 Å². The van der Waals surface area contributed by atoms with E-state index in [-0.39, 0.29) is 12.2 Å². The second-order valence-electron chi connectivity index (χ2n) is 3.35. The Kier molecular flexibility index (Phi) is 2.65. The first-order valence-electron chi connectivity index (χ1n) is 4.59. The fourth-order valence-corrected chi connectivity index (χ4v) is 1.57. The van der Waals surface area contributed by atoms with E-state index < -0.39 is 6.10 Å². The molecule has 1 fully saturated rings. The molecule has 3 unspecified atom stereocenters. The fraction of sp³-hybridized carbons (Fsp3) is 0.500. The highest BCUT2D eigenvalue weighted by Gasteiger charge is 2.42. The molecule has 14 heavy (non-hydrogen) atoms. The summed E-state index contributed by atoms with van der Waals surface area (Å²) < 4.78 is 10.7. The van der Waals surface area contributed by atoms with Gasteiger partial charge in [-0.3, -0.25) is 4.98 Å². The molecule has 1 aromatic heterocycles. The first-order valence-corrected chi connectivity index (χ1v) is 4.59. The first kappa shape index (κ1) is 9.43. The zero-order chi connectivity index (χ0) is 9.97. The minimum atomic E-state index is -0.401. The highest BCUT2D eigenvalue weighted by Crippen LogP contribution is 2.27. The average Bonchev–Trinajstić information content (AvgIpc) is 2.19. The molecule has 3 atom stereocenters. The minimum absolute atomic E-state index is 0.0563. The number of pyridine rings is 1. The van der Waals surface area contributed by atoms with Gasteiger partial charge in [0.1, 0.15) is 18.0 Å². The Hall–Kier alpha value is -1.13. The Morgan fingerprint density at radius 2 is 2.43 bits per heavy atom. The number of aliphatic hydroxyl groups is 1. The standard InChI is InChI=1S/C10H13NO3/c1-13-10-8(12)5-9(10)14-7-3-2-4-11-6-7/h2-4,6,8-10,12H,5H2,1H3. The zero-order valence-corrected chi connectivity index (χ0v) is 7.96. The van der Waals surface area contributed by atoms with Gasteiger partial charge >= 0.3 is 0 Å². The summed E-state index contributed by atoms with van der Waals surface area (Å²) in [5, 5.41) is 9.34. The van der Waals surface area contributed by atoms with E-state index >= 15 is 0 Å². The number of aliphatic hydroxyl groups excluding tert-OH is 1. The second kappa shape index (κ2) is 3.94. The van der Waals surface area contributed by atoms with E-state index in [0.29, 0.717) is 12.2 Å². The van der Waals surface area contributed by atoms with Crippen LogP contribution in [-0.2, 0) is 4.74 Å². The molecule has 1 aromatic rings. The van der Waals surface area contributed by atoms with Crippen molar-refractivity contribution in [3.05, 3.63) is 24.5 Å². The lowest BCUT2D eigenvalue weighted by Crippen LogP contribution is -2.54. The number of hydrogen-bond acceptors (Lipinski definition) is 4. The summed E-state index contributed by atoms with van der Waals surface area (Å²) in [6.45, 7) is 0. The van der Waals surface area contributed by atoms with Crippen LogP contribution in [0.15, 0.2) is 24.5 Å². The average molecular weight is 195 g/mol. The van der Waals surface area contributed by atoms with Crippen molar-refractivity contribution in [1.29, 1.82) is 0 Å². The molecule has 1 N–H and O–H groups in total. The molecular weight excluding hydrogens is 182 g/mol. The third-order valence-electron chi connectivity index (χ3n) is 2.41. The lowest BCUT2D eigenvalue weighted by molar-refractivity contribution is -0.149. The Morgan fingerprint density at radius 1 is 1.57 bits per heavy atom. The predicted molar refractivity (Wildman–Crippen MR) is 50.1 cm³/mol. The van der Waals surface area contributed by atoms with Crippen molar-refractivity contribution < 1.29 is 14.6 Å². The number of ether oxygens (including phenoxy) is 2. The van der Waals surface area contributed by atoms with Gasteiger partial charge in [-0.05, 0) is 12.1 Å². The minimum Gasteiger partial charge on any atom is -0.486 e. The predicted octanol–water partition coefficient (Wildman–Crippen LogP) is 0.609. The summed E-state index contributed by atoms with van der Waals surface area (Å²) in [7, 11) is 1.58. The van der Waals surface area contributed by atoms with Crippen LogP contribution in [0.5, 0.6) is 5.75 Å². The molecule has 1 saturated carbocycles. The maximum Gasteiger partial charge on any atom is 0.138 e. The molecule has 0 spiro atoms. The molecule has 0 aliphatic heterocycles. The number of hydrogen-bond donors (Lipinski definition) is 1. The molecule has 0 saturated heterocycles. The van der Waals surface area contributed by atoms with Gasteiger partial charge in [0.05, 0.1) is 12.3 Å². The Bertz CT molecular complexity index is 291. The first-order chi connectivity index (χ1) is 6.81. The Balaban J connectivity index is 1.93. The van der Waals surface area contributed by atoms with Crippen LogP contribution in [0.1, 0.15) is 6.42 Å². The van der Waals surface area contributed by atoms with Crippen LogP contribution in [0, 0.1) is 0 Å². The van der Waals surface area contributed by atoms with Gasteiger partial charge in [0.15, 0.2) is 0 Å². The van der Waals surface area contributed by atoms with Gasteiger partial charge < -0.3 is 14.6 Å². The molecule has 1 aliphatic rings. The summed E-state index contributed by atoms with van der Waals surface area (Å²) in [4.78, 5) is 3.94. The maximum absolute atomic E-state index is 9.34. The van der Waals surface area contributed by atoms with Gasteiger partial charge in [-0.15, -0.1) is 0 Å². The molecule has 0 aromatic carbocycles. The van der Waals surface area contributed by atoms with Gasteiger partial charge in [-0.25, -0.2) is 0 Å². The van der Waals surface area contributed by atoms with E-state index in [2.05, 4.69) is 4.98 Å². The molecule has 0 bridgehead atoms. The molecule has 76 valence electrons. The molecule has 0 amide bonds. The van der Waals surface area contributed by atoms with Crippen LogP contribution in [0.25, 0.3) is 0 Å². The van der Waals surface area contributed by atoms with Crippen molar-refractivity contribution in [3.8, 4) is 5.75 Å². The SMILES string of the molecule is COC1C(O)CC1Oc1cccnc1. The Morgan fingerprint density at radius 3 is 3.00 bits per heavy atom. The van der Waals surface area contributed by atoms with Crippen molar-refractivity contribution in [2.45, 2.75) is 24.7 Å². The number of methoxy groups -OCH3 is 1. The van der Waals surface area contributed by atoms with Crippen molar-refractivity contribution in [2.75, 3.05) is 7.11 Å². The van der Waals surface area contributed by atoms with Crippen molar-refractivity contribution in [1.82, 2.24) is 4.98 Å². The summed E-state index contributed by atoms with van der Waals surface area (Å²) >= 11 is 0. The smallest absolute Gasteiger partial charge is 0.138 e. The van der Waals surface area contributed by atoms with E-state index in [9.17, 15) is 5.11 Å². The highest BCUT2D eigenvalue weighted by molar-refractivity contribution is 5.17. The van der Waals surface area contributed by atoms with E-state index in [0.717, 1.165) is 0 Å². The van der Waals surface area contributed by atoms with Gasteiger partial charge in [0, 0.05) is 19.7 Å². The Labute approximate surface area is 82.5 Å². The summed E-state index contributed by atoms with van der Waals surface area (Å²) in [6.07, 6.45) is 3.29. The quantitative estimate of drug-likeness (QED) is 0.767. The fourth-order valence-electron chi connectivity index (χ4n) is 1.57. The zero-order valence-electron chi connectivity index (χ0n) is 7.96. The van der Waals surface area contributed by atoms with Crippen molar-refractivity contribution >= 4 is 0 Å². The molecular formula is C10H13NO3. The monoisotopic (exact) mass is 195 g/mol. The topological polar surface area (TPSA) is 51.6 Å². The van der Waals surface area contributed by atoms with E-state index in [1.807, 2.05) is 12.1 Å². The maximum atomic E-state index is 9.34. The van der Waals surface area contributed by atoms with Crippen LogP contribution >= 0.6 is 0 Å². The third kappa shape index (κ3) is 1.71.